The van der Waals surface area contributed by atoms with Gasteiger partial charge in [0.2, 0.25) is 11.8 Å². The first kappa shape index (κ1) is 29.0. The SMILES string of the molecule is CCOCCCN(C(C)=O)C1CC(C(=O)NCCO)=CC(Oc2c(I)cc(C=O)cc2OC)C1O. The fraction of sp³-hybridized carbons (Fsp3) is 0.542. The Bertz CT molecular complexity index is 923. The fourth-order valence-corrected chi connectivity index (χ4v) is 4.63. The molecular weight excluding hydrogens is 571 g/mol. The van der Waals surface area contributed by atoms with Crippen LogP contribution in [0, 0.1) is 3.57 Å². The molecule has 0 spiro atoms. The number of nitrogens with one attached hydrogen (secondary N) is 1. The van der Waals surface area contributed by atoms with Crippen LogP contribution in [0.15, 0.2) is 23.8 Å². The lowest BCUT2D eigenvalue weighted by Gasteiger charge is -2.40. The van der Waals surface area contributed by atoms with E-state index in [1.165, 1.54) is 31.1 Å². The summed E-state index contributed by atoms with van der Waals surface area (Å²) >= 11 is 2.00. The summed E-state index contributed by atoms with van der Waals surface area (Å²) in [6.07, 6.45) is 0.765. The topological polar surface area (TPSA) is 135 Å². The van der Waals surface area contributed by atoms with Crippen molar-refractivity contribution in [1.29, 1.82) is 0 Å². The number of nitrogens with zero attached hydrogens (tertiary/aromatic N) is 1. The molecule has 10 nitrogen and oxygen atoms in total. The number of carbonyl (C=O) groups excluding carboxylic acids is 3. The second-order valence-corrected chi connectivity index (χ2v) is 9.09. The highest BCUT2D eigenvalue weighted by Gasteiger charge is 2.40. The normalized spacial score (nSPS) is 19.5. The molecule has 0 aromatic heterocycles. The second-order valence-electron chi connectivity index (χ2n) is 7.93. The van der Waals surface area contributed by atoms with Crippen LogP contribution in [0.25, 0.3) is 0 Å². The second kappa shape index (κ2) is 14.4. The van der Waals surface area contributed by atoms with E-state index >= 15 is 0 Å². The Kier molecular flexibility index (Phi) is 11.9. The summed E-state index contributed by atoms with van der Waals surface area (Å²) in [5.41, 5.74) is 0.727. The molecule has 0 heterocycles. The van der Waals surface area contributed by atoms with E-state index in [2.05, 4.69) is 5.32 Å². The van der Waals surface area contributed by atoms with Crippen molar-refractivity contribution in [3.63, 3.8) is 0 Å². The van der Waals surface area contributed by atoms with Crippen LogP contribution in [0.4, 0.5) is 0 Å². The van der Waals surface area contributed by atoms with E-state index in [1.807, 2.05) is 29.5 Å². The molecule has 0 fully saturated rings. The van der Waals surface area contributed by atoms with Crippen molar-refractivity contribution in [1.82, 2.24) is 10.2 Å². The number of halogens is 1. The third kappa shape index (κ3) is 7.89. The number of carbonyl (C=O) groups is 3. The Morgan fingerprint density at radius 1 is 1.34 bits per heavy atom. The van der Waals surface area contributed by atoms with E-state index in [0.29, 0.717) is 58.7 Å². The van der Waals surface area contributed by atoms with Gasteiger partial charge in [-0.2, -0.15) is 0 Å². The van der Waals surface area contributed by atoms with Crippen LogP contribution >= 0.6 is 22.6 Å². The lowest BCUT2D eigenvalue weighted by Crippen LogP contribution is -2.55. The summed E-state index contributed by atoms with van der Waals surface area (Å²) in [7, 11) is 1.44. The van der Waals surface area contributed by atoms with E-state index in [9.17, 15) is 19.5 Å². The summed E-state index contributed by atoms with van der Waals surface area (Å²) in [6.45, 7) is 4.50. The maximum atomic E-state index is 12.8. The molecule has 194 valence electrons. The Balaban J connectivity index is 2.41. The van der Waals surface area contributed by atoms with Gasteiger partial charge in [0.15, 0.2) is 11.5 Å². The zero-order chi connectivity index (χ0) is 26.0. The van der Waals surface area contributed by atoms with Gasteiger partial charge in [-0.3, -0.25) is 14.4 Å². The molecule has 35 heavy (non-hydrogen) atoms. The maximum absolute atomic E-state index is 12.8. The van der Waals surface area contributed by atoms with Crippen LogP contribution in [0.5, 0.6) is 11.5 Å². The van der Waals surface area contributed by atoms with Crippen molar-refractivity contribution in [2.24, 2.45) is 0 Å². The van der Waals surface area contributed by atoms with Crippen LogP contribution in [0.2, 0.25) is 0 Å². The molecule has 3 N–H and O–H groups in total. The monoisotopic (exact) mass is 604 g/mol. The summed E-state index contributed by atoms with van der Waals surface area (Å²) in [4.78, 5) is 38.0. The number of aliphatic hydroxyl groups excluding tert-OH is 2. The highest BCUT2D eigenvalue weighted by Crippen LogP contribution is 2.36. The molecule has 1 aromatic carbocycles. The summed E-state index contributed by atoms with van der Waals surface area (Å²) in [5.74, 6) is -0.0576. The average molecular weight is 604 g/mol. The van der Waals surface area contributed by atoms with E-state index < -0.39 is 24.2 Å². The quantitative estimate of drug-likeness (QED) is 0.174. The summed E-state index contributed by atoms with van der Waals surface area (Å²) < 4.78 is 17.5. The molecule has 2 amide bonds. The Hall–Kier alpha value is -2.22. The highest BCUT2D eigenvalue weighted by atomic mass is 127. The minimum atomic E-state index is -1.15. The first-order valence-electron chi connectivity index (χ1n) is 11.4. The number of ether oxygens (including phenoxy) is 3. The van der Waals surface area contributed by atoms with Gasteiger partial charge in [0.1, 0.15) is 18.5 Å². The minimum absolute atomic E-state index is 0.0680. The first-order chi connectivity index (χ1) is 16.8. The fourth-order valence-electron chi connectivity index (χ4n) is 3.88. The van der Waals surface area contributed by atoms with Crippen molar-refractivity contribution in [2.45, 2.75) is 44.9 Å². The van der Waals surface area contributed by atoms with Crippen molar-refractivity contribution in [3.8, 4) is 11.5 Å². The van der Waals surface area contributed by atoms with Crippen LogP contribution in [0.3, 0.4) is 0 Å². The zero-order valence-corrected chi connectivity index (χ0v) is 22.3. The van der Waals surface area contributed by atoms with Crippen LogP contribution in [0.1, 0.15) is 37.0 Å². The maximum Gasteiger partial charge on any atom is 0.247 e. The number of hydrogen-bond donors (Lipinski definition) is 3. The molecule has 0 radical (unpaired) electrons. The molecule has 0 saturated carbocycles. The minimum Gasteiger partial charge on any atom is -0.493 e. The lowest BCUT2D eigenvalue weighted by molar-refractivity contribution is -0.136. The van der Waals surface area contributed by atoms with Gasteiger partial charge < -0.3 is 34.6 Å². The van der Waals surface area contributed by atoms with Gasteiger partial charge in [-0.25, -0.2) is 0 Å². The third-order valence-electron chi connectivity index (χ3n) is 5.55. The van der Waals surface area contributed by atoms with Gasteiger partial charge in [0.05, 0.1) is 23.3 Å². The molecule has 0 saturated heterocycles. The van der Waals surface area contributed by atoms with Gasteiger partial charge >= 0.3 is 0 Å². The molecule has 3 unspecified atom stereocenters. The van der Waals surface area contributed by atoms with Crippen LogP contribution in [-0.2, 0) is 14.3 Å². The van der Waals surface area contributed by atoms with Crippen molar-refractivity contribution < 1.29 is 38.8 Å². The molecule has 1 aromatic rings. The van der Waals surface area contributed by atoms with Crippen molar-refractivity contribution >= 4 is 40.7 Å². The number of amides is 2. The molecule has 0 aliphatic heterocycles. The Labute approximate surface area is 218 Å². The standard InChI is InChI=1S/C24H33IN2O8/c1-4-34-9-5-7-27(15(2)30)19-12-17(24(32)26-6-8-28)13-20(22(19)31)35-23-18(25)10-16(14-29)11-21(23)33-3/h10-11,13-14,19-20,22,28,31H,4-9,12H2,1-3H3,(H,26,32). The van der Waals surface area contributed by atoms with E-state index in [-0.39, 0.29) is 25.5 Å². The van der Waals surface area contributed by atoms with Gasteiger partial charge in [0, 0.05) is 50.8 Å². The van der Waals surface area contributed by atoms with Crippen LogP contribution < -0.4 is 14.8 Å². The zero-order valence-electron chi connectivity index (χ0n) is 20.2. The molecule has 1 aliphatic carbocycles. The Morgan fingerprint density at radius 3 is 2.69 bits per heavy atom. The predicted molar refractivity (Wildman–Crippen MR) is 137 cm³/mol. The molecule has 1 aliphatic rings. The molecule has 0 bridgehead atoms. The summed E-state index contributed by atoms with van der Waals surface area (Å²) in [6, 6.07) is 2.41. The number of aldehydes is 1. The molecular formula is C24H33IN2O8. The van der Waals surface area contributed by atoms with Gasteiger partial charge in [-0.05, 0) is 54.1 Å². The molecule has 2 rings (SSSR count). The van der Waals surface area contributed by atoms with E-state index in [4.69, 9.17) is 19.3 Å². The first-order valence-corrected chi connectivity index (χ1v) is 12.5. The summed E-state index contributed by atoms with van der Waals surface area (Å²) in [5, 5.41) is 23.0. The Morgan fingerprint density at radius 2 is 2.09 bits per heavy atom. The van der Waals surface area contributed by atoms with Crippen molar-refractivity contribution in [3.05, 3.63) is 32.9 Å². The number of rotatable bonds is 13. The highest BCUT2D eigenvalue weighted by molar-refractivity contribution is 14.1. The number of aliphatic hydroxyl groups is 2. The van der Waals surface area contributed by atoms with Gasteiger partial charge in [-0.1, -0.05) is 0 Å². The van der Waals surface area contributed by atoms with Crippen LogP contribution in [-0.4, -0.2) is 91.5 Å². The largest absolute Gasteiger partial charge is 0.493 e. The predicted octanol–water partition coefficient (Wildman–Crippen LogP) is 1.30. The third-order valence-corrected chi connectivity index (χ3v) is 6.35. The van der Waals surface area contributed by atoms with E-state index in [1.54, 1.807) is 6.07 Å². The molecule has 11 heteroatoms. The average Bonchev–Trinajstić information content (AvgIpc) is 2.84. The number of hydrogen-bond acceptors (Lipinski definition) is 8. The smallest absolute Gasteiger partial charge is 0.247 e. The van der Waals surface area contributed by atoms with Gasteiger partial charge in [0.25, 0.3) is 0 Å². The lowest BCUT2D eigenvalue weighted by atomic mass is 9.88. The van der Waals surface area contributed by atoms with Crippen molar-refractivity contribution in [2.75, 3.05) is 40.0 Å². The van der Waals surface area contributed by atoms with E-state index in [0.717, 1.165) is 0 Å². The number of benzene rings is 1. The van der Waals surface area contributed by atoms with Gasteiger partial charge in [-0.15, -0.1) is 0 Å². The number of methoxy groups -OCH3 is 1. The molecule has 3 atom stereocenters.